The first kappa shape index (κ1) is 22.6. The quantitative estimate of drug-likeness (QED) is 0.311. The van der Waals surface area contributed by atoms with E-state index in [9.17, 15) is 4.79 Å². The van der Waals surface area contributed by atoms with Gasteiger partial charge in [-0.2, -0.15) is 24.4 Å². The van der Waals surface area contributed by atoms with E-state index in [-0.39, 0.29) is 0 Å². The summed E-state index contributed by atoms with van der Waals surface area (Å²) in [5.41, 5.74) is 0. The van der Waals surface area contributed by atoms with Gasteiger partial charge in [0.05, 0.1) is 0 Å². The number of hydrogen-bond donors (Lipinski definition) is 1. The molecule has 4 heteroatoms. The number of Topliss-reactive ketones (excluding diaryl/α,β-unsaturated/α-hetero) is 1. The third kappa shape index (κ3) is 6.74. The first-order valence-electron chi connectivity index (χ1n) is 11.0. The molecular weight excluding hydrogens is 358 g/mol. The van der Waals surface area contributed by atoms with Crippen molar-refractivity contribution in [3.05, 3.63) is 0 Å². The van der Waals surface area contributed by atoms with Crippen LogP contribution in [0.15, 0.2) is 0 Å². The van der Waals surface area contributed by atoms with E-state index in [1.807, 2.05) is 11.8 Å². The molecule has 2 aliphatic rings. The van der Waals surface area contributed by atoms with Crippen LogP contribution in [0.4, 0.5) is 0 Å². The number of hydrogen-bond acceptors (Lipinski definition) is 4. The van der Waals surface area contributed by atoms with Crippen molar-refractivity contribution in [2.75, 3.05) is 37.4 Å². The largest absolute Gasteiger partial charge is 0.306 e. The van der Waals surface area contributed by atoms with Crippen LogP contribution in [0.2, 0.25) is 0 Å². The lowest BCUT2D eigenvalue weighted by Crippen LogP contribution is -2.26. The molecule has 2 bridgehead atoms. The SMILES string of the molecule is CCC1C(C)C2CC(CCC(=O)CCSCCCN(C)CCCS)C1C2. The molecule has 152 valence electrons. The zero-order valence-corrected chi connectivity index (χ0v) is 19.0. The number of carbonyl (C=O) groups is 1. The minimum Gasteiger partial charge on any atom is -0.306 e. The van der Waals surface area contributed by atoms with E-state index in [2.05, 4.69) is 38.4 Å². The van der Waals surface area contributed by atoms with Crippen molar-refractivity contribution >= 4 is 30.2 Å². The lowest BCUT2D eigenvalue weighted by atomic mass is 9.72. The Morgan fingerprint density at radius 3 is 2.62 bits per heavy atom. The highest BCUT2D eigenvalue weighted by atomic mass is 32.2. The molecule has 0 aliphatic heterocycles. The van der Waals surface area contributed by atoms with E-state index in [4.69, 9.17) is 0 Å². The highest BCUT2D eigenvalue weighted by Gasteiger charge is 2.49. The summed E-state index contributed by atoms with van der Waals surface area (Å²) < 4.78 is 0. The molecule has 2 saturated carbocycles. The second-order valence-electron chi connectivity index (χ2n) is 8.76. The van der Waals surface area contributed by atoms with E-state index < -0.39 is 0 Å². The molecule has 0 radical (unpaired) electrons. The van der Waals surface area contributed by atoms with Crippen LogP contribution >= 0.6 is 24.4 Å². The van der Waals surface area contributed by atoms with Crippen molar-refractivity contribution in [3.8, 4) is 0 Å². The monoisotopic (exact) mass is 399 g/mol. The zero-order valence-electron chi connectivity index (χ0n) is 17.3. The van der Waals surface area contributed by atoms with Crippen molar-refractivity contribution in [2.45, 2.75) is 65.2 Å². The van der Waals surface area contributed by atoms with Crippen molar-refractivity contribution in [2.24, 2.45) is 29.6 Å². The maximum absolute atomic E-state index is 12.3. The number of carbonyl (C=O) groups excluding carboxylic acids is 1. The normalized spacial score (nSPS) is 30.4. The minimum absolute atomic E-state index is 0.507. The second kappa shape index (κ2) is 12.0. The van der Waals surface area contributed by atoms with Crippen LogP contribution in [0.25, 0.3) is 0 Å². The summed E-state index contributed by atoms with van der Waals surface area (Å²) in [5, 5.41) is 0. The third-order valence-electron chi connectivity index (χ3n) is 7.07. The van der Waals surface area contributed by atoms with Gasteiger partial charge in [0.1, 0.15) is 5.78 Å². The summed E-state index contributed by atoms with van der Waals surface area (Å²) in [4.78, 5) is 14.6. The Kier molecular flexibility index (Phi) is 10.4. The molecule has 26 heavy (non-hydrogen) atoms. The summed E-state index contributed by atoms with van der Waals surface area (Å²) >= 11 is 6.22. The predicted octanol–water partition coefficient (Wildman–Crippen LogP) is 5.42. The third-order valence-corrected chi connectivity index (χ3v) is 8.46. The minimum atomic E-state index is 0.507. The van der Waals surface area contributed by atoms with Crippen LogP contribution in [0.5, 0.6) is 0 Å². The Morgan fingerprint density at radius 1 is 1.15 bits per heavy atom. The summed E-state index contributed by atoms with van der Waals surface area (Å²) in [7, 11) is 2.19. The molecule has 0 aromatic heterocycles. The summed E-state index contributed by atoms with van der Waals surface area (Å²) in [6, 6.07) is 0. The van der Waals surface area contributed by atoms with E-state index >= 15 is 0 Å². The van der Waals surface area contributed by atoms with E-state index in [0.29, 0.717) is 5.78 Å². The fourth-order valence-corrected chi connectivity index (χ4v) is 6.60. The number of fused-ring (bicyclic) bond motifs is 2. The number of thioether (sulfide) groups is 1. The zero-order chi connectivity index (χ0) is 18.9. The van der Waals surface area contributed by atoms with Gasteiger partial charge in [0, 0.05) is 18.6 Å². The van der Waals surface area contributed by atoms with Gasteiger partial charge in [-0.05, 0) is 93.3 Å². The molecule has 0 amide bonds. The van der Waals surface area contributed by atoms with Gasteiger partial charge >= 0.3 is 0 Å². The van der Waals surface area contributed by atoms with Gasteiger partial charge in [0.15, 0.2) is 0 Å². The molecule has 5 unspecified atom stereocenters. The van der Waals surface area contributed by atoms with Gasteiger partial charge in [-0.25, -0.2) is 0 Å². The molecule has 0 saturated heterocycles. The van der Waals surface area contributed by atoms with Gasteiger partial charge in [0.25, 0.3) is 0 Å². The molecule has 0 aromatic rings. The lowest BCUT2D eigenvalue weighted by Gasteiger charge is -2.33. The predicted molar refractivity (Wildman–Crippen MR) is 119 cm³/mol. The Hall–Kier alpha value is 0.330. The highest BCUT2D eigenvalue weighted by molar-refractivity contribution is 7.99. The lowest BCUT2D eigenvalue weighted by molar-refractivity contribution is -0.119. The molecule has 5 atom stereocenters. The Labute approximate surface area is 172 Å². The molecule has 2 nitrogen and oxygen atoms in total. The van der Waals surface area contributed by atoms with Crippen molar-refractivity contribution in [1.82, 2.24) is 4.90 Å². The average molecular weight is 400 g/mol. The second-order valence-corrected chi connectivity index (χ2v) is 10.4. The average Bonchev–Trinajstić information content (AvgIpc) is 3.18. The molecule has 0 N–H and O–H groups in total. The molecule has 0 heterocycles. The smallest absolute Gasteiger partial charge is 0.133 e. The van der Waals surface area contributed by atoms with Crippen molar-refractivity contribution in [3.63, 3.8) is 0 Å². The van der Waals surface area contributed by atoms with Crippen LogP contribution in [-0.2, 0) is 4.79 Å². The molecule has 0 spiro atoms. The Bertz CT molecular complexity index is 417. The number of rotatable bonds is 14. The standard InChI is InChI=1S/C22H41NOS2/c1-4-21-17(2)19-15-18(22(21)16-19)7-8-20(24)9-14-26-13-6-11-23(3)10-5-12-25/h17-19,21-22,25H,4-16H2,1-3H3. The highest BCUT2D eigenvalue weighted by Crippen LogP contribution is 2.57. The number of ketones is 1. The van der Waals surface area contributed by atoms with Crippen molar-refractivity contribution in [1.29, 1.82) is 0 Å². The summed E-state index contributed by atoms with van der Waals surface area (Å²) in [6.07, 6.45) is 9.39. The van der Waals surface area contributed by atoms with Crippen LogP contribution in [0, 0.1) is 29.6 Å². The van der Waals surface area contributed by atoms with Gasteiger partial charge in [0.2, 0.25) is 0 Å². The van der Waals surface area contributed by atoms with Crippen LogP contribution in [0.1, 0.15) is 65.2 Å². The summed E-state index contributed by atoms with van der Waals surface area (Å²) in [5.74, 6) is 8.30. The van der Waals surface area contributed by atoms with E-state index in [0.717, 1.165) is 67.0 Å². The summed E-state index contributed by atoms with van der Waals surface area (Å²) in [6.45, 7) is 7.14. The number of thiol groups is 1. The van der Waals surface area contributed by atoms with Crippen LogP contribution < -0.4 is 0 Å². The van der Waals surface area contributed by atoms with Crippen LogP contribution in [0.3, 0.4) is 0 Å². The maximum atomic E-state index is 12.3. The molecule has 2 aliphatic carbocycles. The van der Waals surface area contributed by atoms with Crippen molar-refractivity contribution < 1.29 is 4.79 Å². The maximum Gasteiger partial charge on any atom is 0.133 e. The first-order valence-corrected chi connectivity index (χ1v) is 12.7. The Morgan fingerprint density at radius 2 is 1.92 bits per heavy atom. The van der Waals surface area contributed by atoms with E-state index in [1.165, 1.54) is 44.3 Å². The molecular formula is C22H41NOS2. The molecule has 2 fully saturated rings. The van der Waals surface area contributed by atoms with Gasteiger partial charge in [-0.15, -0.1) is 0 Å². The fourth-order valence-electron chi connectivity index (χ4n) is 5.55. The number of nitrogens with zero attached hydrogens (tertiary/aromatic N) is 1. The van der Waals surface area contributed by atoms with Gasteiger partial charge < -0.3 is 4.90 Å². The fraction of sp³-hybridized carbons (Fsp3) is 0.955. The van der Waals surface area contributed by atoms with Gasteiger partial charge in [-0.1, -0.05) is 20.3 Å². The van der Waals surface area contributed by atoms with E-state index in [1.54, 1.807) is 0 Å². The first-order chi connectivity index (χ1) is 12.6. The molecule has 2 rings (SSSR count). The van der Waals surface area contributed by atoms with Crippen LogP contribution in [-0.4, -0.2) is 48.1 Å². The van der Waals surface area contributed by atoms with Gasteiger partial charge in [-0.3, -0.25) is 4.79 Å². The Balaban J connectivity index is 1.49. The molecule has 0 aromatic carbocycles. The topological polar surface area (TPSA) is 20.3 Å².